The third-order valence-corrected chi connectivity index (χ3v) is 4.83. The highest BCUT2D eigenvalue weighted by Gasteiger charge is 2.13. The van der Waals surface area contributed by atoms with Gasteiger partial charge in [-0.2, -0.15) is 0 Å². The quantitative estimate of drug-likeness (QED) is 0.641. The van der Waals surface area contributed by atoms with Crippen molar-refractivity contribution >= 4 is 11.0 Å². The second-order valence-corrected chi connectivity index (χ2v) is 6.96. The van der Waals surface area contributed by atoms with E-state index in [1.165, 1.54) is 5.56 Å². The van der Waals surface area contributed by atoms with Gasteiger partial charge < -0.3 is 9.15 Å². The molecule has 136 valence electrons. The number of nitrogens with zero attached hydrogens (tertiary/aromatic N) is 1. The summed E-state index contributed by atoms with van der Waals surface area (Å²) in [7, 11) is 3.73. The molecule has 3 aromatic rings. The van der Waals surface area contributed by atoms with Gasteiger partial charge in [-0.15, -0.1) is 0 Å². The van der Waals surface area contributed by atoms with Crippen molar-refractivity contribution in [2.75, 3.05) is 14.2 Å². The summed E-state index contributed by atoms with van der Waals surface area (Å²) in [6.07, 6.45) is 0. The van der Waals surface area contributed by atoms with Crippen molar-refractivity contribution in [3.63, 3.8) is 0 Å². The summed E-state index contributed by atoms with van der Waals surface area (Å²) in [5, 5.41) is 0.996. The lowest BCUT2D eigenvalue weighted by molar-refractivity contribution is 0.310. The van der Waals surface area contributed by atoms with E-state index in [9.17, 15) is 4.79 Å². The molecular weight excluding hydrogens is 326 g/mol. The van der Waals surface area contributed by atoms with Crippen molar-refractivity contribution in [3.8, 4) is 5.75 Å². The molecule has 1 aromatic heterocycles. The van der Waals surface area contributed by atoms with Crippen LogP contribution >= 0.6 is 0 Å². The second-order valence-electron chi connectivity index (χ2n) is 6.96. The summed E-state index contributed by atoms with van der Waals surface area (Å²) < 4.78 is 10.9. The van der Waals surface area contributed by atoms with Gasteiger partial charge in [0.2, 0.25) is 0 Å². The Labute approximate surface area is 154 Å². The Kier molecular flexibility index (Phi) is 5.14. The molecule has 26 heavy (non-hydrogen) atoms. The van der Waals surface area contributed by atoms with Crippen LogP contribution in [0.3, 0.4) is 0 Å². The van der Waals surface area contributed by atoms with E-state index in [1.807, 2.05) is 39.1 Å². The Morgan fingerprint density at radius 3 is 2.46 bits per heavy atom. The van der Waals surface area contributed by atoms with Gasteiger partial charge in [-0.25, -0.2) is 4.79 Å². The minimum absolute atomic E-state index is 0.303. The first kappa shape index (κ1) is 18.2. The molecule has 4 nitrogen and oxygen atoms in total. The van der Waals surface area contributed by atoms with E-state index in [-0.39, 0.29) is 5.63 Å². The first-order valence-electron chi connectivity index (χ1n) is 8.74. The summed E-state index contributed by atoms with van der Waals surface area (Å²) in [4.78, 5) is 14.2. The number of hydrogen-bond donors (Lipinski definition) is 0. The van der Waals surface area contributed by atoms with Gasteiger partial charge in [-0.05, 0) is 50.6 Å². The Hall–Kier alpha value is -2.59. The molecule has 0 amide bonds. The number of benzene rings is 2. The number of aryl methyl sites for hydroxylation is 3. The minimum Gasteiger partial charge on any atom is -0.496 e. The summed E-state index contributed by atoms with van der Waals surface area (Å²) in [5.74, 6) is 0.881. The van der Waals surface area contributed by atoms with Crippen LogP contribution in [0, 0.1) is 20.8 Å². The van der Waals surface area contributed by atoms with E-state index in [0.29, 0.717) is 12.1 Å². The average Bonchev–Trinajstić information content (AvgIpc) is 2.58. The van der Waals surface area contributed by atoms with Crippen LogP contribution in [0.15, 0.2) is 45.6 Å². The van der Waals surface area contributed by atoms with Crippen LogP contribution in [-0.2, 0) is 13.1 Å². The van der Waals surface area contributed by atoms with E-state index in [4.69, 9.17) is 9.15 Å². The molecule has 0 aliphatic heterocycles. The molecule has 0 unspecified atom stereocenters. The van der Waals surface area contributed by atoms with E-state index < -0.39 is 0 Å². The standard InChI is InChI=1S/C22H25NO3/c1-14-6-9-20(25-5)18(10-14)13-23(4)12-17-11-21(24)26-22-16(3)15(2)7-8-19(17)22/h6-11H,12-13H2,1-5H3. The topological polar surface area (TPSA) is 42.7 Å². The van der Waals surface area contributed by atoms with Gasteiger partial charge >= 0.3 is 5.63 Å². The van der Waals surface area contributed by atoms with Crippen molar-refractivity contribution in [2.24, 2.45) is 0 Å². The number of fused-ring (bicyclic) bond motifs is 1. The molecule has 0 radical (unpaired) electrons. The number of ether oxygens (including phenoxy) is 1. The zero-order valence-corrected chi connectivity index (χ0v) is 16.1. The summed E-state index contributed by atoms with van der Waals surface area (Å²) >= 11 is 0. The zero-order chi connectivity index (χ0) is 18.8. The van der Waals surface area contributed by atoms with Crippen LogP contribution in [0.5, 0.6) is 5.75 Å². The monoisotopic (exact) mass is 351 g/mol. The van der Waals surface area contributed by atoms with Crippen molar-refractivity contribution in [1.29, 1.82) is 0 Å². The Morgan fingerprint density at radius 2 is 1.73 bits per heavy atom. The van der Waals surface area contributed by atoms with Gasteiger partial charge in [-0.1, -0.05) is 29.8 Å². The van der Waals surface area contributed by atoms with Gasteiger partial charge in [0, 0.05) is 30.1 Å². The molecule has 0 saturated carbocycles. The lowest BCUT2D eigenvalue weighted by Gasteiger charge is -2.20. The molecule has 4 heteroatoms. The predicted molar refractivity (Wildman–Crippen MR) is 105 cm³/mol. The minimum atomic E-state index is -0.303. The normalized spacial score (nSPS) is 11.3. The lowest BCUT2D eigenvalue weighted by atomic mass is 10.0. The van der Waals surface area contributed by atoms with Gasteiger partial charge in [0.05, 0.1) is 7.11 Å². The molecule has 0 saturated heterocycles. The Bertz CT molecular complexity index is 1000. The van der Waals surface area contributed by atoms with Gasteiger partial charge in [-0.3, -0.25) is 4.90 Å². The van der Waals surface area contributed by atoms with Crippen molar-refractivity contribution in [2.45, 2.75) is 33.9 Å². The molecule has 2 aromatic carbocycles. The molecule has 0 atom stereocenters. The maximum atomic E-state index is 12.0. The number of hydrogen-bond acceptors (Lipinski definition) is 4. The zero-order valence-electron chi connectivity index (χ0n) is 16.1. The van der Waals surface area contributed by atoms with Gasteiger partial charge in [0.1, 0.15) is 11.3 Å². The first-order valence-corrected chi connectivity index (χ1v) is 8.74. The molecule has 0 N–H and O–H groups in total. The van der Waals surface area contributed by atoms with Crippen LogP contribution in [-0.4, -0.2) is 19.1 Å². The van der Waals surface area contributed by atoms with E-state index in [2.05, 4.69) is 24.0 Å². The van der Waals surface area contributed by atoms with E-state index in [1.54, 1.807) is 13.2 Å². The number of rotatable bonds is 5. The highest BCUT2D eigenvalue weighted by molar-refractivity contribution is 5.83. The molecule has 3 rings (SSSR count). The number of methoxy groups -OCH3 is 1. The fourth-order valence-electron chi connectivity index (χ4n) is 3.32. The molecule has 1 heterocycles. The van der Waals surface area contributed by atoms with Crippen LogP contribution in [0.4, 0.5) is 0 Å². The predicted octanol–water partition coefficient (Wildman–Crippen LogP) is 4.36. The lowest BCUT2D eigenvalue weighted by Crippen LogP contribution is -2.19. The van der Waals surface area contributed by atoms with E-state index >= 15 is 0 Å². The Balaban J connectivity index is 1.93. The fraction of sp³-hybridized carbons (Fsp3) is 0.318. The van der Waals surface area contributed by atoms with Crippen molar-refractivity contribution < 1.29 is 9.15 Å². The van der Waals surface area contributed by atoms with Crippen molar-refractivity contribution in [1.82, 2.24) is 4.90 Å². The highest BCUT2D eigenvalue weighted by Crippen LogP contribution is 2.25. The fourth-order valence-corrected chi connectivity index (χ4v) is 3.32. The first-order chi connectivity index (χ1) is 12.4. The molecule has 0 fully saturated rings. The maximum Gasteiger partial charge on any atom is 0.336 e. The molecule has 0 aliphatic rings. The molecule has 0 aliphatic carbocycles. The van der Waals surface area contributed by atoms with Crippen LogP contribution in [0.25, 0.3) is 11.0 Å². The average molecular weight is 351 g/mol. The van der Waals surface area contributed by atoms with Gasteiger partial charge in [0.25, 0.3) is 0 Å². The SMILES string of the molecule is COc1ccc(C)cc1CN(C)Cc1cc(=O)oc2c(C)c(C)ccc12. The largest absolute Gasteiger partial charge is 0.496 e. The summed E-state index contributed by atoms with van der Waals surface area (Å²) in [6.45, 7) is 7.48. The van der Waals surface area contributed by atoms with E-state index in [0.717, 1.165) is 39.9 Å². The van der Waals surface area contributed by atoms with Crippen molar-refractivity contribution in [3.05, 3.63) is 74.6 Å². The summed E-state index contributed by atoms with van der Waals surface area (Å²) in [6, 6.07) is 11.9. The highest BCUT2D eigenvalue weighted by atomic mass is 16.5. The third-order valence-electron chi connectivity index (χ3n) is 4.83. The van der Waals surface area contributed by atoms with Crippen LogP contribution < -0.4 is 10.4 Å². The molecule has 0 spiro atoms. The molecular formula is C22H25NO3. The maximum absolute atomic E-state index is 12.0. The van der Waals surface area contributed by atoms with Crippen LogP contribution in [0.1, 0.15) is 27.8 Å². The van der Waals surface area contributed by atoms with Gasteiger partial charge in [0.15, 0.2) is 0 Å². The van der Waals surface area contributed by atoms with Crippen LogP contribution in [0.2, 0.25) is 0 Å². The molecule has 0 bridgehead atoms. The summed E-state index contributed by atoms with van der Waals surface area (Å²) in [5.41, 5.74) is 5.84. The Morgan fingerprint density at radius 1 is 1.00 bits per heavy atom. The third kappa shape index (κ3) is 3.65. The second kappa shape index (κ2) is 7.34. The smallest absolute Gasteiger partial charge is 0.336 e.